The van der Waals surface area contributed by atoms with Crippen LogP contribution in [0.15, 0.2) is 29.4 Å². The number of aromatic nitrogens is 3. The van der Waals surface area contributed by atoms with Gasteiger partial charge in [0.25, 0.3) is 0 Å². The summed E-state index contributed by atoms with van der Waals surface area (Å²) >= 11 is 1.37. The van der Waals surface area contributed by atoms with Gasteiger partial charge in [-0.25, -0.2) is 8.42 Å². The van der Waals surface area contributed by atoms with E-state index in [-0.39, 0.29) is 24.0 Å². The van der Waals surface area contributed by atoms with Crippen LogP contribution < -0.4 is 9.47 Å². The van der Waals surface area contributed by atoms with Crippen LogP contribution in [0.3, 0.4) is 0 Å². The van der Waals surface area contributed by atoms with Gasteiger partial charge < -0.3 is 19.1 Å². The summed E-state index contributed by atoms with van der Waals surface area (Å²) in [7, 11) is -1.14. The molecule has 28 heavy (non-hydrogen) atoms. The average molecular weight is 428 g/mol. The van der Waals surface area contributed by atoms with Gasteiger partial charge in [0.15, 0.2) is 15.0 Å². The topological polar surface area (TPSA) is 104 Å². The molecule has 1 aromatic carbocycles. The highest BCUT2D eigenvalue weighted by Crippen LogP contribution is 2.29. The summed E-state index contributed by atoms with van der Waals surface area (Å²) in [6.45, 7) is 2.69. The maximum Gasteiger partial charge on any atom is 0.191 e. The van der Waals surface area contributed by atoms with E-state index >= 15 is 0 Å². The second-order valence-electron chi connectivity index (χ2n) is 6.68. The Morgan fingerprint density at radius 1 is 1.25 bits per heavy atom. The van der Waals surface area contributed by atoms with Crippen LogP contribution in [0.1, 0.15) is 25.1 Å². The predicted molar refractivity (Wildman–Crippen MR) is 107 cm³/mol. The zero-order chi connectivity index (χ0) is 20.1. The molecule has 2 atom stereocenters. The van der Waals surface area contributed by atoms with Crippen molar-refractivity contribution in [1.82, 2.24) is 14.8 Å². The largest absolute Gasteiger partial charge is 0.494 e. The summed E-state index contributed by atoms with van der Waals surface area (Å²) in [6.07, 6.45) is -0.0964. The van der Waals surface area contributed by atoms with E-state index in [1.54, 1.807) is 12.1 Å². The van der Waals surface area contributed by atoms with Crippen LogP contribution in [0, 0.1) is 0 Å². The zero-order valence-electron chi connectivity index (χ0n) is 15.9. The third-order valence-corrected chi connectivity index (χ3v) is 7.38. The van der Waals surface area contributed by atoms with Crippen LogP contribution in [0.25, 0.3) is 0 Å². The monoisotopic (exact) mass is 427 g/mol. The van der Waals surface area contributed by atoms with E-state index in [1.165, 1.54) is 11.8 Å². The van der Waals surface area contributed by atoms with Crippen LogP contribution in [-0.2, 0) is 16.9 Å². The first-order valence-corrected chi connectivity index (χ1v) is 11.9. The van der Waals surface area contributed by atoms with Crippen molar-refractivity contribution >= 4 is 21.6 Å². The molecule has 0 bridgehead atoms. The molecule has 1 saturated heterocycles. The number of hydrogen-bond donors (Lipinski definition) is 1. The maximum atomic E-state index is 11.7. The molecule has 10 heteroatoms. The molecule has 0 aliphatic carbocycles. The number of hydrogen-bond acceptors (Lipinski definition) is 8. The molecule has 0 saturated carbocycles. The Balaban J connectivity index is 1.47. The third kappa shape index (κ3) is 5.39. The fourth-order valence-corrected chi connectivity index (χ4v) is 5.58. The fraction of sp³-hybridized carbons (Fsp3) is 0.556. The molecule has 0 radical (unpaired) electrons. The Morgan fingerprint density at radius 2 is 1.93 bits per heavy atom. The van der Waals surface area contributed by atoms with Gasteiger partial charge in [-0.2, -0.15) is 0 Å². The number of nitrogens with zero attached hydrogens (tertiary/aromatic N) is 3. The first-order valence-electron chi connectivity index (χ1n) is 9.14. The number of benzene rings is 1. The molecule has 3 rings (SSSR count). The predicted octanol–water partition coefficient (Wildman–Crippen LogP) is 1.65. The molecule has 1 fully saturated rings. The lowest BCUT2D eigenvalue weighted by Gasteiger charge is -2.13. The van der Waals surface area contributed by atoms with Crippen molar-refractivity contribution in [3.8, 4) is 11.5 Å². The van der Waals surface area contributed by atoms with Gasteiger partial charge in [0.2, 0.25) is 0 Å². The van der Waals surface area contributed by atoms with E-state index in [9.17, 15) is 13.5 Å². The summed E-state index contributed by atoms with van der Waals surface area (Å²) < 4.78 is 36.1. The van der Waals surface area contributed by atoms with Crippen molar-refractivity contribution in [2.75, 3.05) is 30.5 Å². The Labute approximate surface area is 169 Å². The van der Waals surface area contributed by atoms with Crippen LogP contribution in [0.2, 0.25) is 0 Å². The first-order chi connectivity index (χ1) is 13.4. The lowest BCUT2D eigenvalue weighted by Crippen LogP contribution is -2.20. The van der Waals surface area contributed by atoms with Gasteiger partial charge in [-0.05, 0) is 37.6 Å². The highest BCUT2D eigenvalue weighted by molar-refractivity contribution is 7.99. The molecular formula is C18H25N3O5S2. The van der Waals surface area contributed by atoms with E-state index < -0.39 is 15.9 Å². The van der Waals surface area contributed by atoms with Crippen molar-refractivity contribution in [1.29, 1.82) is 0 Å². The van der Waals surface area contributed by atoms with Crippen LogP contribution in [0.5, 0.6) is 11.5 Å². The third-order valence-electron chi connectivity index (χ3n) is 4.45. The number of ether oxygens (including phenoxy) is 2. The molecule has 154 valence electrons. The number of rotatable bonds is 9. The summed E-state index contributed by atoms with van der Waals surface area (Å²) in [4.78, 5) is 0. The van der Waals surface area contributed by atoms with Gasteiger partial charge in [0.05, 0.1) is 24.2 Å². The van der Waals surface area contributed by atoms with E-state index in [0.717, 1.165) is 5.75 Å². The van der Waals surface area contributed by atoms with Gasteiger partial charge in [0.1, 0.15) is 23.9 Å². The molecule has 2 heterocycles. The normalized spacial score (nSPS) is 19.5. The summed E-state index contributed by atoms with van der Waals surface area (Å²) in [6, 6.07) is 7.25. The smallest absolute Gasteiger partial charge is 0.191 e. The number of aliphatic hydroxyl groups is 1. The minimum Gasteiger partial charge on any atom is -0.494 e. The standard InChI is InChI=1S/C18H25N3O5S2/c1-3-25-15-4-6-16(7-5-15)26-10-14(22)11-27-18-20-19-17(21(18)2)13-8-9-28(23,24)12-13/h4-7,13-14,22H,3,8-12H2,1-2H3/t13-,14-/m1/s1. The molecule has 0 spiro atoms. The molecule has 1 N–H and O–H groups in total. The van der Waals surface area contributed by atoms with Crippen LogP contribution in [-0.4, -0.2) is 64.9 Å². The molecule has 8 nitrogen and oxygen atoms in total. The zero-order valence-corrected chi connectivity index (χ0v) is 17.6. The van der Waals surface area contributed by atoms with Gasteiger partial charge in [-0.15, -0.1) is 10.2 Å². The Bertz CT molecular complexity index is 883. The lowest BCUT2D eigenvalue weighted by molar-refractivity contribution is 0.126. The first kappa shape index (κ1) is 20.9. The minimum absolute atomic E-state index is 0.107. The number of aliphatic hydroxyl groups excluding tert-OH is 1. The van der Waals surface area contributed by atoms with Crippen molar-refractivity contribution < 1.29 is 23.0 Å². The summed E-state index contributed by atoms with van der Waals surface area (Å²) in [5.41, 5.74) is 0. The van der Waals surface area contributed by atoms with Crippen LogP contribution >= 0.6 is 11.8 Å². The quantitative estimate of drug-likeness (QED) is 0.603. The van der Waals surface area contributed by atoms with E-state index in [4.69, 9.17) is 9.47 Å². The lowest BCUT2D eigenvalue weighted by atomic mass is 10.1. The van der Waals surface area contributed by atoms with Crippen molar-refractivity contribution in [2.45, 2.75) is 30.5 Å². The average Bonchev–Trinajstić information content (AvgIpc) is 3.21. The highest BCUT2D eigenvalue weighted by Gasteiger charge is 2.32. The summed E-state index contributed by atoms with van der Waals surface area (Å²) in [5.74, 6) is 2.74. The van der Waals surface area contributed by atoms with Gasteiger partial charge in [-0.1, -0.05) is 11.8 Å². The second-order valence-corrected chi connectivity index (χ2v) is 9.90. The summed E-state index contributed by atoms with van der Waals surface area (Å²) in [5, 5.41) is 19.1. The molecule has 0 unspecified atom stereocenters. The van der Waals surface area contributed by atoms with Crippen LogP contribution in [0.4, 0.5) is 0 Å². The number of thioether (sulfide) groups is 1. The van der Waals surface area contributed by atoms with Gasteiger partial charge >= 0.3 is 0 Å². The van der Waals surface area contributed by atoms with Gasteiger partial charge in [0, 0.05) is 18.7 Å². The van der Waals surface area contributed by atoms with E-state index in [1.807, 2.05) is 30.7 Å². The van der Waals surface area contributed by atoms with E-state index in [2.05, 4.69) is 10.2 Å². The molecule has 2 aromatic rings. The van der Waals surface area contributed by atoms with Crippen molar-refractivity contribution in [3.05, 3.63) is 30.1 Å². The highest BCUT2D eigenvalue weighted by atomic mass is 32.2. The van der Waals surface area contributed by atoms with Crippen molar-refractivity contribution in [2.24, 2.45) is 7.05 Å². The molecule has 1 aromatic heterocycles. The van der Waals surface area contributed by atoms with E-state index in [0.29, 0.717) is 35.5 Å². The SMILES string of the molecule is CCOc1ccc(OC[C@@H](O)CSc2nnc([C@@H]3CCS(=O)(=O)C3)n2C)cc1. The Kier molecular flexibility index (Phi) is 6.84. The fourth-order valence-electron chi connectivity index (χ4n) is 3.02. The molecular weight excluding hydrogens is 402 g/mol. The second kappa shape index (κ2) is 9.15. The Hall–Kier alpha value is -1.78. The maximum absolute atomic E-state index is 11.7. The van der Waals surface area contributed by atoms with Crippen molar-refractivity contribution in [3.63, 3.8) is 0 Å². The molecule has 1 aliphatic rings. The molecule has 0 amide bonds. The Morgan fingerprint density at radius 3 is 2.54 bits per heavy atom. The number of sulfone groups is 1. The van der Waals surface area contributed by atoms with Gasteiger partial charge in [-0.3, -0.25) is 0 Å². The molecule has 1 aliphatic heterocycles. The minimum atomic E-state index is -2.97.